The number of ether oxygens (including phenoxy) is 2. The predicted octanol–water partition coefficient (Wildman–Crippen LogP) is 2.72. The Morgan fingerprint density at radius 2 is 1.77 bits per heavy atom. The summed E-state index contributed by atoms with van der Waals surface area (Å²) in [5.41, 5.74) is 3.05. The Balaban J connectivity index is 1.77. The molecule has 0 radical (unpaired) electrons. The van der Waals surface area contributed by atoms with Crippen LogP contribution in [0.1, 0.15) is 12.5 Å². The summed E-state index contributed by atoms with van der Waals surface area (Å²) in [5.74, 6) is -0.497. The average Bonchev–Trinajstić information content (AvgIpc) is 2.62. The van der Waals surface area contributed by atoms with Gasteiger partial charge in [0.2, 0.25) is 0 Å². The molecule has 0 fully saturated rings. The van der Waals surface area contributed by atoms with Crippen molar-refractivity contribution in [2.24, 2.45) is 5.10 Å². The van der Waals surface area contributed by atoms with Gasteiger partial charge in [-0.05, 0) is 61.0 Å². The lowest BCUT2D eigenvalue weighted by Crippen LogP contribution is -2.24. The first-order chi connectivity index (χ1) is 12.4. The molecule has 0 aromatic heterocycles. The van der Waals surface area contributed by atoms with Crippen LogP contribution in [0.3, 0.4) is 0 Å². The number of hydrazone groups is 1. The topological polar surface area (TPSA) is 97.2 Å². The molecule has 0 aliphatic carbocycles. The van der Waals surface area contributed by atoms with E-state index in [2.05, 4.69) is 10.5 Å². The van der Waals surface area contributed by atoms with Gasteiger partial charge >= 0.3 is 5.97 Å². The molecule has 0 bridgehead atoms. The molecule has 1 unspecified atom stereocenters. The van der Waals surface area contributed by atoms with Crippen molar-refractivity contribution in [2.45, 2.75) is 13.0 Å². The molecule has 0 saturated heterocycles. The molecule has 0 saturated carbocycles. The summed E-state index contributed by atoms with van der Waals surface area (Å²) in [6, 6.07) is 13.3. The molecular weight excluding hydrogens is 360 g/mol. The van der Waals surface area contributed by atoms with E-state index in [-0.39, 0.29) is 6.61 Å². The van der Waals surface area contributed by atoms with Crippen LogP contribution in [0.15, 0.2) is 53.6 Å². The van der Waals surface area contributed by atoms with Crippen molar-refractivity contribution in [3.63, 3.8) is 0 Å². The SMILES string of the molecule is CC(Oc1ccc(/C=N/NC(=O)COc2ccc(Cl)cc2)cc1)C(=O)O. The minimum Gasteiger partial charge on any atom is -0.484 e. The lowest BCUT2D eigenvalue weighted by Gasteiger charge is -2.09. The molecule has 7 nitrogen and oxygen atoms in total. The molecule has 26 heavy (non-hydrogen) atoms. The number of benzene rings is 2. The molecule has 2 rings (SSSR count). The molecule has 8 heteroatoms. The third-order valence-electron chi connectivity index (χ3n) is 3.13. The van der Waals surface area contributed by atoms with Crippen LogP contribution in [-0.4, -0.2) is 35.9 Å². The lowest BCUT2D eigenvalue weighted by molar-refractivity contribution is -0.144. The molecule has 2 N–H and O–H groups in total. The maximum atomic E-state index is 11.7. The van der Waals surface area contributed by atoms with Gasteiger partial charge in [-0.3, -0.25) is 4.79 Å². The van der Waals surface area contributed by atoms with Gasteiger partial charge in [-0.15, -0.1) is 0 Å². The zero-order valence-electron chi connectivity index (χ0n) is 13.9. The van der Waals surface area contributed by atoms with Gasteiger partial charge in [0.05, 0.1) is 6.21 Å². The second-order valence-electron chi connectivity index (χ2n) is 5.20. The number of carbonyl (C=O) groups is 2. The highest BCUT2D eigenvalue weighted by molar-refractivity contribution is 6.30. The van der Waals surface area contributed by atoms with Crippen LogP contribution in [0, 0.1) is 0 Å². The third kappa shape index (κ3) is 6.45. The summed E-state index contributed by atoms with van der Waals surface area (Å²) in [4.78, 5) is 22.4. The lowest BCUT2D eigenvalue weighted by atomic mass is 10.2. The number of hydrogen-bond acceptors (Lipinski definition) is 5. The Kier molecular flexibility index (Phi) is 6.99. The monoisotopic (exact) mass is 376 g/mol. The fraction of sp³-hybridized carbons (Fsp3) is 0.167. The number of carbonyl (C=O) groups excluding carboxylic acids is 1. The highest BCUT2D eigenvalue weighted by atomic mass is 35.5. The fourth-order valence-electron chi connectivity index (χ4n) is 1.78. The van der Waals surface area contributed by atoms with Crippen molar-refractivity contribution in [3.05, 3.63) is 59.1 Å². The van der Waals surface area contributed by atoms with Crippen molar-refractivity contribution < 1.29 is 24.2 Å². The third-order valence-corrected chi connectivity index (χ3v) is 3.38. The summed E-state index contributed by atoms with van der Waals surface area (Å²) in [6.07, 6.45) is 0.513. The van der Waals surface area contributed by atoms with Gasteiger partial charge in [0, 0.05) is 5.02 Å². The fourth-order valence-corrected chi connectivity index (χ4v) is 1.90. The van der Waals surface area contributed by atoms with E-state index in [4.69, 9.17) is 26.2 Å². The molecule has 0 heterocycles. The quantitative estimate of drug-likeness (QED) is 0.545. The average molecular weight is 377 g/mol. The van der Waals surface area contributed by atoms with Crippen molar-refractivity contribution in [1.82, 2.24) is 5.43 Å². The zero-order valence-corrected chi connectivity index (χ0v) is 14.6. The van der Waals surface area contributed by atoms with E-state index < -0.39 is 18.0 Å². The number of hydrogen-bond donors (Lipinski definition) is 2. The number of amides is 1. The van der Waals surface area contributed by atoms with Gasteiger partial charge in [0.25, 0.3) is 5.91 Å². The van der Waals surface area contributed by atoms with Crippen molar-refractivity contribution in [2.75, 3.05) is 6.61 Å². The van der Waals surface area contributed by atoms with E-state index in [1.54, 1.807) is 48.5 Å². The summed E-state index contributed by atoms with van der Waals surface area (Å²) in [7, 11) is 0. The Morgan fingerprint density at radius 1 is 1.15 bits per heavy atom. The minimum atomic E-state index is -1.04. The highest BCUT2D eigenvalue weighted by Gasteiger charge is 2.11. The van der Waals surface area contributed by atoms with E-state index in [0.29, 0.717) is 22.1 Å². The van der Waals surface area contributed by atoms with Crippen LogP contribution < -0.4 is 14.9 Å². The van der Waals surface area contributed by atoms with Crippen LogP contribution in [0.2, 0.25) is 5.02 Å². The molecule has 1 atom stereocenters. The van der Waals surface area contributed by atoms with Crippen LogP contribution in [0.5, 0.6) is 11.5 Å². The molecule has 136 valence electrons. The number of carboxylic acids is 1. The molecular formula is C18H17ClN2O5. The van der Waals surface area contributed by atoms with Crippen LogP contribution in [0.4, 0.5) is 0 Å². The second-order valence-corrected chi connectivity index (χ2v) is 5.64. The number of nitrogens with one attached hydrogen (secondary N) is 1. The molecule has 2 aromatic carbocycles. The Morgan fingerprint density at radius 3 is 2.38 bits per heavy atom. The molecule has 1 amide bonds. The van der Waals surface area contributed by atoms with Gasteiger partial charge in [-0.25, -0.2) is 10.2 Å². The summed E-state index contributed by atoms with van der Waals surface area (Å²) in [6.45, 7) is 1.26. The number of halogens is 1. The van der Waals surface area contributed by atoms with Gasteiger partial charge < -0.3 is 14.6 Å². The maximum Gasteiger partial charge on any atom is 0.344 e. The summed E-state index contributed by atoms with van der Waals surface area (Å²) < 4.78 is 10.5. The Hall–Kier alpha value is -3.06. The van der Waals surface area contributed by atoms with Crippen molar-refractivity contribution in [3.8, 4) is 11.5 Å². The zero-order chi connectivity index (χ0) is 18.9. The van der Waals surface area contributed by atoms with Crippen molar-refractivity contribution in [1.29, 1.82) is 0 Å². The standard InChI is InChI=1S/C18H17ClN2O5/c1-12(18(23)24)26-16-6-2-13(3-7-16)10-20-21-17(22)11-25-15-8-4-14(19)5-9-15/h2-10,12H,11H2,1H3,(H,21,22)(H,23,24)/b20-10+. The van der Waals surface area contributed by atoms with E-state index >= 15 is 0 Å². The van der Waals surface area contributed by atoms with E-state index in [1.165, 1.54) is 13.1 Å². The Bertz CT molecular complexity index is 775. The van der Waals surface area contributed by atoms with Gasteiger partial charge in [-0.1, -0.05) is 11.6 Å². The highest BCUT2D eigenvalue weighted by Crippen LogP contribution is 2.15. The first-order valence-corrected chi connectivity index (χ1v) is 8.01. The van der Waals surface area contributed by atoms with Crippen LogP contribution >= 0.6 is 11.6 Å². The number of nitrogens with zero attached hydrogens (tertiary/aromatic N) is 1. The first kappa shape index (κ1) is 19.3. The Labute approximate surface area is 155 Å². The molecule has 2 aromatic rings. The summed E-state index contributed by atoms with van der Waals surface area (Å²) in [5, 5.41) is 13.2. The van der Waals surface area contributed by atoms with E-state index in [0.717, 1.165) is 0 Å². The number of aliphatic carboxylic acids is 1. The predicted molar refractivity (Wildman–Crippen MR) is 96.9 cm³/mol. The second kappa shape index (κ2) is 9.43. The van der Waals surface area contributed by atoms with Gasteiger partial charge in [0.1, 0.15) is 11.5 Å². The first-order valence-electron chi connectivity index (χ1n) is 7.64. The minimum absolute atomic E-state index is 0.182. The smallest absolute Gasteiger partial charge is 0.344 e. The largest absolute Gasteiger partial charge is 0.484 e. The number of rotatable bonds is 8. The number of carboxylic acid groups (broad SMARTS) is 1. The maximum absolute atomic E-state index is 11.7. The molecule has 0 aliphatic heterocycles. The van der Waals surface area contributed by atoms with E-state index in [9.17, 15) is 9.59 Å². The summed E-state index contributed by atoms with van der Waals surface area (Å²) >= 11 is 5.76. The van der Waals surface area contributed by atoms with Gasteiger partial charge in [-0.2, -0.15) is 5.10 Å². The van der Waals surface area contributed by atoms with Crippen LogP contribution in [-0.2, 0) is 9.59 Å². The van der Waals surface area contributed by atoms with E-state index in [1.807, 2.05) is 0 Å². The normalized spacial score (nSPS) is 11.8. The molecule has 0 spiro atoms. The van der Waals surface area contributed by atoms with Crippen molar-refractivity contribution >= 4 is 29.7 Å². The van der Waals surface area contributed by atoms with Gasteiger partial charge in [0.15, 0.2) is 12.7 Å². The molecule has 0 aliphatic rings. The van der Waals surface area contributed by atoms with Crippen LogP contribution in [0.25, 0.3) is 0 Å².